The van der Waals surface area contributed by atoms with E-state index in [-0.39, 0.29) is 13.1 Å². The Kier molecular flexibility index (Phi) is 11.3. The van der Waals surface area contributed by atoms with E-state index in [4.69, 9.17) is 24.6 Å². The molecular weight excluding hydrogens is 754 g/mol. The normalized spacial score (nSPS) is 11.7. The summed E-state index contributed by atoms with van der Waals surface area (Å²) in [4.78, 5) is 20.5. The zero-order chi connectivity index (χ0) is 38.2. The fourth-order valence-corrected chi connectivity index (χ4v) is 7.98. The number of rotatable bonds is 13. The molecule has 0 spiro atoms. The summed E-state index contributed by atoms with van der Waals surface area (Å²) in [6, 6.07) is 40.5. The predicted molar refractivity (Wildman–Crippen MR) is 215 cm³/mol. The van der Waals surface area contributed by atoms with Gasteiger partial charge < -0.3 is 14.1 Å². The van der Waals surface area contributed by atoms with Gasteiger partial charge >= 0.3 is 5.97 Å². The number of nitrogens with zero attached hydrogens (tertiary/aromatic N) is 7. The highest BCUT2D eigenvalue weighted by Gasteiger charge is 2.41. The smallest absolute Gasteiger partial charge is 0.325 e. The van der Waals surface area contributed by atoms with Gasteiger partial charge in [-0.2, -0.15) is 10.3 Å². The van der Waals surface area contributed by atoms with Gasteiger partial charge in [-0.15, -0.1) is 15.0 Å². The summed E-state index contributed by atoms with van der Waals surface area (Å²) in [6.07, 6.45) is 7.50. The molecule has 0 saturated heterocycles. The van der Waals surface area contributed by atoms with Crippen LogP contribution in [0.2, 0.25) is 0 Å². The zero-order valence-corrected chi connectivity index (χ0v) is 32.1. The Labute approximate surface area is 328 Å². The molecule has 55 heavy (non-hydrogen) atoms. The molecule has 1 aliphatic carbocycles. The number of halogens is 1. The highest BCUT2D eigenvalue weighted by atomic mass is 79.9. The van der Waals surface area contributed by atoms with E-state index >= 15 is 0 Å². The minimum absolute atomic E-state index is 0.0836. The van der Waals surface area contributed by atoms with Crippen molar-refractivity contribution in [2.24, 2.45) is 4.99 Å². The summed E-state index contributed by atoms with van der Waals surface area (Å²) in [5, 5.41) is 24.5. The van der Waals surface area contributed by atoms with Gasteiger partial charge in [0.1, 0.15) is 12.4 Å². The Balaban J connectivity index is 1.42. The number of benzene rings is 4. The lowest BCUT2D eigenvalue weighted by atomic mass is 9.77. The van der Waals surface area contributed by atoms with E-state index in [1.807, 2.05) is 96.0 Å². The van der Waals surface area contributed by atoms with Crippen molar-refractivity contribution in [2.75, 3.05) is 13.7 Å². The third-order valence-corrected chi connectivity index (χ3v) is 10.6. The molecule has 0 amide bonds. The van der Waals surface area contributed by atoms with E-state index in [1.165, 1.54) is 7.11 Å². The molecule has 0 bridgehead atoms. The van der Waals surface area contributed by atoms with E-state index < -0.39 is 11.5 Å². The zero-order valence-electron chi connectivity index (χ0n) is 30.5. The Morgan fingerprint density at radius 2 is 1.47 bits per heavy atom. The average molecular weight is 793 g/mol. The number of aliphatic imine (C=N–C) groups is 1. The number of aromatic nitrogens is 4. The molecule has 5 aromatic rings. The van der Waals surface area contributed by atoms with Crippen LogP contribution in [-0.4, -0.2) is 50.6 Å². The van der Waals surface area contributed by atoms with Crippen LogP contribution in [0.25, 0.3) is 33.6 Å². The second-order valence-corrected chi connectivity index (χ2v) is 13.8. The predicted octanol–water partition coefficient (Wildman–Crippen LogP) is 9.35. The van der Waals surface area contributed by atoms with Crippen molar-refractivity contribution < 1.29 is 13.9 Å². The first-order valence-corrected chi connectivity index (χ1v) is 18.8. The maximum absolute atomic E-state index is 12.8. The number of amidine groups is 1. The van der Waals surface area contributed by atoms with E-state index in [0.717, 1.165) is 67.4 Å². The van der Waals surface area contributed by atoms with E-state index in [1.54, 1.807) is 17.3 Å². The topological polar surface area (TPSA) is 122 Å². The fourth-order valence-electron chi connectivity index (χ4n) is 7.22. The van der Waals surface area contributed by atoms with Crippen LogP contribution in [0.1, 0.15) is 48.4 Å². The van der Waals surface area contributed by atoms with Crippen LogP contribution in [-0.2, 0) is 21.6 Å². The summed E-state index contributed by atoms with van der Waals surface area (Å²) < 4.78 is 11.6. The molecule has 0 N–H and O–H groups in total. The quantitative estimate of drug-likeness (QED) is 0.0372. The lowest BCUT2D eigenvalue weighted by Crippen LogP contribution is -2.39. The Morgan fingerprint density at radius 1 is 0.873 bits per heavy atom. The van der Waals surface area contributed by atoms with Gasteiger partial charge in [0.05, 0.1) is 19.6 Å². The van der Waals surface area contributed by atoms with Crippen LogP contribution >= 0.6 is 15.9 Å². The Bertz CT molecular complexity index is 2320. The van der Waals surface area contributed by atoms with Gasteiger partial charge in [0.2, 0.25) is 12.0 Å². The molecular formula is C44H38BrN7O3. The van der Waals surface area contributed by atoms with Crippen molar-refractivity contribution in [3.8, 4) is 39.8 Å². The minimum atomic E-state index is -0.949. The van der Waals surface area contributed by atoms with Crippen LogP contribution in [0.3, 0.4) is 0 Å². The van der Waals surface area contributed by atoms with Gasteiger partial charge in [0, 0.05) is 34.1 Å². The number of hydrogen-bond acceptors (Lipinski definition) is 8. The average Bonchev–Trinajstić information content (AvgIpc) is 3.83. The first-order chi connectivity index (χ1) is 27.0. The Morgan fingerprint density at radius 3 is 2.05 bits per heavy atom. The molecule has 0 fully saturated rings. The van der Waals surface area contributed by atoms with Gasteiger partial charge in [0.25, 0.3) is 0 Å². The summed E-state index contributed by atoms with van der Waals surface area (Å²) in [5.74, 6) is 0.508. The number of hydrogen-bond donors (Lipinski definition) is 0. The number of methoxy groups -OCH3 is 1. The summed E-state index contributed by atoms with van der Waals surface area (Å²) in [5.41, 5.74) is 7.10. The SMILES string of the molecule is CCCCC(=NC#N)N(CC(=O)OC)Cc1c2ccocc-2c(Br)c1-c1ccccc1-c1nnn(C(c2ccccc2)(c2ccccc2)c2ccccc2)n1. The molecule has 2 heterocycles. The lowest BCUT2D eigenvalue weighted by molar-refractivity contribution is -0.141. The van der Waals surface area contributed by atoms with Crippen LogP contribution in [0.15, 0.2) is 148 Å². The number of tetrazole rings is 1. The third kappa shape index (κ3) is 7.16. The number of ether oxygens (including phenoxy) is 1. The fraction of sp³-hybridized carbons (Fsp3) is 0.182. The van der Waals surface area contributed by atoms with Crippen molar-refractivity contribution in [1.29, 1.82) is 5.26 Å². The number of unbranched alkanes of at least 4 members (excludes halogenated alkanes) is 1. The van der Waals surface area contributed by atoms with Gasteiger partial charge in [0.15, 0.2) is 5.54 Å². The number of esters is 1. The summed E-state index contributed by atoms with van der Waals surface area (Å²) in [7, 11) is 1.35. The second-order valence-electron chi connectivity index (χ2n) is 13.0. The van der Waals surface area contributed by atoms with Crippen molar-refractivity contribution >= 4 is 27.7 Å². The molecule has 1 aromatic heterocycles. The van der Waals surface area contributed by atoms with Crippen molar-refractivity contribution in [3.05, 3.63) is 161 Å². The van der Waals surface area contributed by atoms with Crippen molar-refractivity contribution in [2.45, 2.75) is 38.3 Å². The monoisotopic (exact) mass is 791 g/mol. The molecule has 0 saturated carbocycles. The highest BCUT2D eigenvalue weighted by molar-refractivity contribution is 9.10. The number of nitriles is 1. The second kappa shape index (κ2) is 16.7. The first kappa shape index (κ1) is 37.0. The molecule has 7 rings (SSSR count). The highest BCUT2D eigenvalue weighted by Crippen LogP contribution is 2.49. The molecule has 2 aliphatic rings. The molecule has 10 nitrogen and oxygen atoms in total. The van der Waals surface area contributed by atoms with Crippen molar-refractivity contribution in [3.63, 3.8) is 0 Å². The van der Waals surface area contributed by atoms with Crippen molar-refractivity contribution in [1.82, 2.24) is 25.1 Å². The van der Waals surface area contributed by atoms with Crippen LogP contribution in [0.5, 0.6) is 0 Å². The molecule has 0 unspecified atom stereocenters. The molecule has 0 atom stereocenters. The summed E-state index contributed by atoms with van der Waals surface area (Å²) in [6.45, 7) is 2.25. The molecule has 11 heteroatoms. The van der Waals surface area contributed by atoms with Crippen LogP contribution in [0, 0.1) is 11.5 Å². The number of fused-ring (bicyclic) bond motifs is 1. The van der Waals surface area contributed by atoms with Gasteiger partial charge in [-0.3, -0.25) is 4.79 Å². The molecule has 4 aromatic carbocycles. The first-order valence-electron chi connectivity index (χ1n) is 18.0. The molecule has 274 valence electrons. The van der Waals surface area contributed by atoms with E-state index in [9.17, 15) is 10.1 Å². The van der Waals surface area contributed by atoms with Gasteiger partial charge in [-0.05, 0) is 67.0 Å². The largest absolute Gasteiger partial charge is 0.472 e. The van der Waals surface area contributed by atoms with Crippen LogP contribution < -0.4 is 0 Å². The molecule has 1 aliphatic heterocycles. The maximum Gasteiger partial charge on any atom is 0.325 e. The van der Waals surface area contributed by atoms with Gasteiger partial charge in [-0.25, -0.2) is 0 Å². The standard InChI is InChI=1S/C44H38BrN7O3/c1-3-4-24-39(47-30-46)51(28-40(53)54-2)27-37-34-25-26-55-29-38(34)42(45)41(37)35-22-14-15-23-36(35)43-48-50-52(49-43)44(31-16-8-5-9-17-31,32-18-10-6-11-19-32)33-20-12-7-13-21-33/h5-23,25-26,29H,3-4,24,27-28H2,1-2H3. The number of carbonyl (C=O) groups excluding carboxylic acids is 1. The maximum atomic E-state index is 12.8. The van der Waals surface area contributed by atoms with Gasteiger partial charge in [-0.1, -0.05) is 129 Å². The molecule has 0 radical (unpaired) electrons. The third-order valence-electron chi connectivity index (χ3n) is 9.79. The number of carbonyl (C=O) groups is 1. The lowest BCUT2D eigenvalue weighted by Gasteiger charge is -2.34. The van der Waals surface area contributed by atoms with E-state index in [2.05, 4.69) is 64.2 Å². The van der Waals surface area contributed by atoms with Crippen LogP contribution in [0.4, 0.5) is 0 Å². The summed E-state index contributed by atoms with van der Waals surface area (Å²) >= 11 is 3.92. The Hall–Kier alpha value is -6.38. The van der Waals surface area contributed by atoms with E-state index in [0.29, 0.717) is 18.1 Å². The minimum Gasteiger partial charge on any atom is -0.472 e.